The van der Waals surface area contributed by atoms with Crippen molar-refractivity contribution in [1.29, 1.82) is 0 Å². The van der Waals surface area contributed by atoms with Gasteiger partial charge in [0.1, 0.15) is 5.65 Å². The third-order valence-electron chi connectivity index (χ3n) is 4.46. The molecular formula is C22H21N3O. The van der Waals surface area contributed by atoms with Crippen molar-refractivity contribution in [1.82, 2.24) is 14.0 Å². The lowest BCUT2D eigenvalue weighted by Gasteiger charge is -2.11. The summed E-state index contributed by atoms with van der Waals surface area (Å²) >= 11 is 0. The van der Waals surface area contributed by atoms with Gasteiger partial charge in [-0.1, -0.05) is 44.2 Å². The molecule has 4 aromatic rings. The minimum atomic E-state index is 0.0377. The number of nitrogens with zero attached hydrogens (tertiary/aromatic N) is 3. The van der Waals surface area contributed by atoms with Crippen molar-refractivity contribution in [2.75, 3.05) is 0 Å². The number of hydrogen-bond donors (Lipinski definition) is 0. The Hall–Kier alpha value is -3.14. The van der Waals surface area contributed by atoms with Gasteiger partial charge in [-0.15, -0.1) is 0 Å². The Morgan fingerprint density at radius 3 is 2.54 bits per heavy atom. The third kappa shape index (κ3) is 3.06. The van der Waals surface area contributed by atoms with Crippen LogP contribution in [0, 0.1) is 5.92 Å². The molecule has 0 amide bonds. The lowest BCUT2D eigenvalue weighted by atomic mass is 10.1. The van der Waals surface area contributed by atoms with Crippen LogP contribution in [0.3, 0.4) is 0 Å². The van der Waals surface area contributed by atoms with Gasteiger partial charge in [0.25, 0.3) is 5.56 Å². The van der Waals surface area contributed by atoms with E-state index in [2.05, 4.69) is 47.5 Å². The Morgan fingerprint density at radius 1 is 0.962 bits per heavy atom. The summed E-state index contributed by atoms with van der Waals surface area (Å²) in [4.78, 5) is 16.6. The van der Waals surface area contributed by atoms with E-state index in [0.717, 1.165) is 34.6 Å². The standard InChI is InChI=1S/C22H21N3O/c1-16(2)14-24-15-19(8-9-22(24)26)18-10-11-25-20(13-23-21(25)12-18)17-6-4-3-5-7-17/h3-13,15-16H,14H2,1-2H3. The summed E-state index contributed by atoms with van der Waals surface area (Å²) in [6.45, 7) is 4.94. The van der Waals surface area contributed by atoms with Crippen molar-refractivity contribution in [2.45, 2.75) is 20.4 Å². The van der Waals surface area contributed by atoms with Gasteiger partial charge in [0, 0.05) is 30.6 Å². The highest BCUT2D eigenvalue weighted by Crippen LogP contribution is 2.24. The van der Waals surface area contributed by atoms with E-state index in [1.165, 1.54) is 0 Å². The van der Waals surface area contributed by atoms with Gasteiger partial charge in [0.15, 0.2) is 0 Å². The highest BCUT2D eigenvalue weighted by molar-refractivity contribution is 5.70. The molecular weight excluding hydrogens is 322 g/mol. The molecule has 0 spiro atoms. The molecule has 4 heteroatoms. The van der Waals surface area contributed by atoms with Crippen molar-refractivity contribution in [3.05, 3.63) is 83.5 Å². The summed E-state index contributed by atoms with van der Waals surface area (Å²) < 4.78 is 3.87. The highest BCUT2D eigenvalue weighted by atomic mass is 16.1. The smallest absolute Gasteiger partial charge is 0.250 e. The zero-order chi connectivity index (χ0) is 18.1. The number of rotatable bonds is 4. The van der Waals surface area contributed by atoms with E-state index >= 15 is 0 Å². The molecule has 1 aromatic carbocycles. The molecule has 0 aliphatic heterocycles. The predicted molar refractivity (Wildman–Crippen MR) is 105 cm³/mol. The molecule has 0 atom stereocenters. The number of pyridine rings is 2. The molecule has 4 rings (SSSR count). The zero-order valence-corrected chi connectivity index (χ0v) is 15.0. The van der Waals surface area contributed by atoms with E-state index in [1.54, 1.807) is 10.6 Å². The monoisotopic (exact) mass is 343 g/mol. The fraction of sp³-hybridized carbons (Fsp3) is 0.182. The molecule has 0 aliphatic rings. The van der Waals surface area contributed by atoms with Crippen molar-refractivity contribution in [3.63, 3.8) is 0 Å². The maximum absolute atomic E-state index is 12.1. The van der Waals surface area contributed by atoms with Gasteiger partial charge in [-0.05, 0) is 35.2 Å². The summed E-state index contributed by atoms with van der Waals surface area (Å²) in [6, 6.07) is 17.9. The third-order valence-corrected chi connectivity index (χ3v) is 4.46. The summed E-state index contributed by atoms with van der Waals surface area (Å²) in [6.07, 6.45) is 5.88. The SMILES string of the molecule is CC(C)Cn1cc(-c2ccn3c(-c4ccccc4)cnc3c2)ccc1=O. The Bertz CT molecular complexity index is 1110. The van der Waals surface area contributed by atoms with Gasteiger partial charge >= 0.3 is 0 Å². The van der Waals surface area contributed by atoms with Crippen LogP contribution in [0.25, 0.3) is 28.0 Å². The highest BCUT2D eigenvalue weighted by Gasteiger charge is 2.08. The second-order valence-corrected chi connectivity index (χ2v) is 6.96. The first kappa shape index (κ1) is 16.3. The maximum atomic E-state index is 12.1. The Labute approximate surface area is 152 Å². The molecule has 4 nitrogen and oxygen atoms in total. The maximum Gasteiger partial charge on any atom is 0.250 e. The number of benzene rings is 1. The Morgan fingerprint density at radius 2 is 1.77 bits per heavy atom. The molecule has 0 saturated carbocycles. The van der Waals surface area contributed by atoms with E-state index in [9.17, 15) is 4.79 Å². The molecule has 3 heterocycles. The van der Waals surface area contributed by atoms with E-state index in [4.69, 9.17) is 0 Å². The minimum absolute atomic E-state index is 0.0377. The Kier molecular flexibility index (Phi) is 4.17. The number of fused-ring (bicyclic) bond motifs is 1. The van der Waals surface area contributed by atoms with Gasteiger partial charge in [0.05, 0.1) is 11.9 Å². The quantitative estimate of drug-likeness (QED) is 0.548. The average molecular weight is 343 g/mol. The van der Waals surface area contributed by atoms with Crippen LogP contribution in [0.4, 0.5) is 0 Å². The van der Waals surface area contributed by atoms with Crippen LogP contribution in [0.15, 0.2) is 78.0 Å². The summed E-state index contributed by atoms with van der Waals surface area (Å²) in [5.74, 6) is 0.422. The first-order valence-corrected chi connectivity index (χ1v) is 8.85. The summed E-state index contributed by atoms with van der Waals surface area (Å²) in [7, 11) is 0. The molecule has 130 valence electrons. The van der Waals surface area contributed by atoms with Crippen LogP contribution in [-0.2, 0) is 6.54 Å². The van der Waals surface area contributed by atoms with Gasteiger partial charge < -0.3 is 4.57 Å². The topological polar surface area (TPSA) is 39.3 Å². The van der Waals surface area contributed by atoms with Crippen LogP contribution in [0.2, 0.25) is 0 Å². The molecule has 26 heavy (non-hydrogen) atoms. The lowest BCUT2D eigenvalue weighted by molar-refractivity contribution is 0.511. The second kappa shape index (κ2) is 6.64. The zero-order valence-electron chi connectivity index (χ0n) is 15.0. The van der Waals surface area contributed by atoms with Gasteiger partial charge in [-0.25, -0.2) is 4.98 Å². The van der Waals surface area contributed by atoms with Crippen molar-refractivity contribution in [3.8, 4) is 22.4 Å². The first-order valence-electron chi connectivity index (χ1n) is 8.85. The predicted octanol–water partition coefficient (Wildman–Crippen LogP) is 4.49. The minimum Gasteiger partial charge on any atom is -0.315 e. The average Bonchev–Trinajstić information content (AvgIpc) is 3.07. The number of hydrogen-bond acceptors (Lipinski definition) is 2. The molecule has 0 fully saturated rings. The number of aromatic nitrogens is 3. The van der Waals surface area contributed by atoms with E-state index < -0.39 is 0 Å². The number of imidazole rings is 1. The molecule has 0 radical (unpaired) electrons. The van der Waals surface area contributed by atoms with E-state index in [0.29, 0.717) is 5.92 Å². The lowest BCUT2D eigenvalue weighted by Crippen LogP contribution is -2.20. The van der Waals surface area contributed by atoms with Gasteiger partial charge in [-0.3, -0.25) is 9.20 Å². The van der Waals surface area contributed by atoms with E-state index in [-0.39, 0.29) is 5.56 Å². The summed E-state index contributed by atoms with van der Waals surface area (Å²) in [5.41, 5.74) is 5.21. The van der Waals surface area contributed by atoms with Crippen molar-refractivity contribution >= 4 is 5.65 Å². The molecule has 0 bridgehead atoms. The fourth-order valence-electron chi connectivity index (χ4n) is 3.22. The molecule has 0 aliphatic carbocycles. The van der Waals surface area contributed by atoms with Crippen LogP contribution < -0.4 is 5.56 Å². The van der Waals surface area contributed by atoms with Gasteiger partial charge in [-0.2, -0.15) is 0 Å². The van der Waals surface area contributed by atoms with Crippen molar-refractivity contribution in [2.24, 2.45) is 5.92 Å². The van der Waals surface area contributed by atoms with Gasteiger partial charge in [0.2, 0.25) is 0 Å². The van der Waals surface area contributed by atoms with Crippen molar-refractivity contribution < 1.29 is 0 Å². The normalized spacial score (nSPS) is 11.3. The van der Waals surface area contributed by atoms with Crippen LogP contribution >= 0.6 is 0 Å². The van der Waals surface area contributed by atoms with Crippen LogP contribution in [0.1, 0.15) is 13.8 Å². The molecule has 0 saturated heterocycles. The van der Waals surface area contributed by atoms with E-state index in [1.807, 2.05) is 42.9 Å². The molecule has 0 N–H and O–H groups in total. The van der Waals surface area contributed by atoms with Crippen LogP contribution in [0.5, 0.6) is 0 Å². The first-order chi connectivity index (χ1) is 12.6. The molecule has 3 aromatic heterocycles. The summed E-state index contributed by atoms with van der Waals surface area (Å²) in [5, 5.41) is 0. The molecule has 0 unspecified atom stereocenters. The largest absolute Gasteiger partial charge is 0.315 e. The van der Waals surface area contributed by atoms with Crippen LogP contribution in [-0.4, -0.2) is 14.0 Å². The fourth-order valence-corrected chi connectivity index (χ4v) is 3.22. The second-order valence-electron chi connectivity index (χ2n) is 6.96. The Balaban J connectivity index is 1.76.